The zero-order valence-electron chi connectivity index (χ0n) is 15.0. The molecule has 7 nitrogen and oxygen atoms in total. The van der Waals surface area contributed by atoms with E-state index in [1.165, 1.54) is 22.6 Å². The van der Waals surface area contributed by atoms with Gasteiger partial charge in [-0.05, 0) is 24.1 Å². The van der Waals surface area contributed by atoms with Crippen LogP contribution in [0.1, 0.15) is 33.3 Å². The average molecular weight is 385 g/mol. The number of nitro groups is 1. The average Bonchev–Trinajstić information content (AvgIpc) is 3.04. The van der Waals surface area contributed by atoms with Crippen LogP contribution in [-0.4, -0.2) is 30.1 Å². The van der Waals surface area contributed by atoms with Crippen LogP contribution in [-0.2, 0) is 13.0 Å². The Morgan fingerprint density at radius 2 is 2.26 bits per heavy atom. The molecule has 1 amide bonds. The van der Waals surface area contributed by atoms with Gasteiger partial charge in [-0.15, -0.1) is 11.3 Å². The van der Waals surface area contributed by atoms with Crippen molar-refractivity contribution in [3.63, 3.8) is 0 Å². The fraction of sp³-hybridized carbons (Fsp3) is 0.316. The number of non-ortho nitro benzene ring substituents is 1. The zero-order valence-corrected chi connectivity index (χ0v) is 15.8. The molecule has 0 aliphatic carbocycles. The maximum absolute atomic E-state index is 12.7. The molecule has 140 valence electrons. The Bertz CT molecular complexity index is 937. The van der Waals surface area contributed by atoms with Gasteiger partial charge in [0.15, 0.2) is 0 Å². The van der Waals surface area contributed by atoms with Gasteiger partial charge in [-0.2, -0.15) is 0 Å². The molecule has 3 heterocycles. The number of quaternary nitrogens is 1. The summed E-state index contributed by atoms with van der Waals surface area (Å²) in [6.07, 6.45) is 4.21. The van der Waals surface area contributed by atoms with E-state index >= 15 is 0 Å². The lowest BCUT2D eigenvalue weighted by atomic mass is 10.0. The first kappa shape index (κ1) is 17.7. The van der Waals surface area contributed by atoms with Gasteiger partial charge in [-0.3, -0.25) is 14.9 Å². The number of hydrogen-bond donors (Lipinski definition) is 3. The minimum Gasteiger partial charge on any atom is -0.353 e. The monoisotopic (exact) mass is 385 g/mol. The van der Waals surface area contributed by atoms with Gasteiger partial charge >= 0.3 is 0 Å². The number of likely N-dealkylation sites (N-methyl/N-ethyl adjacent to an activating group) is 1. The second kappa shape index (κ2) is 7.13. The Morgan fingerprint density at radius 1 is 1.41 bits per heavy atom. The molecular formula is C19H21N4O3S+. The van der Waals surface area contributed by atoms with Crippen LogP contribution >= 0.6 is 11.3 Å². The van der Waals surface area contributed by atoms with E-state index in [2.05, 4.69) is 17.6 Å². The van der Waals surface area contributed by atoms with E-state index in [9.17, 15) is 14.9 Å². The summed E-state index contributed by atoms with van der Waals surface area (Å²) in [5, 5.41) is 18.2. The molecule has 0 spiro atoms. The van der Waals surface area contributed by atoms with Crippen molar-refractivity contribution >= 4 is 34.0 Å². The minimum atomic E-state index is -0.415. The molecule has 1 unspecified atom stereocenters. The highest BCUT2D eigenvalue weighted by Crippen LogP contribution is 2.36. The molecule has 2 aromatic rings. The van der Waals surface area contributed by atoms with Crippen molar-refractivity contribution in [2.24, 2.45) is 0 Å². The molecule has 4 rings (SSSR count). The van der Waals surface area contributed by atoms with Crippen molar-refractivity contribution in [1.82, 2.24) is 5.32 Å². The molecule has 27 heavy (non-hydrogen) atoms. The molecule has 3 N–H and O–H groups in total. The summed E-state index contributed by atoms with van der Waals surface area (Å²) in [4.78, 5) is 26.0. The van der Waals surface area contributed by atoms with E-state index in [-0.39, 0.29) is 17.8 Å². The first-order chi connectivity index (χ1) is 13.0. The molecule has 2 aliphatic heterocycles. The number of rotatable bonds is 4. The third kappa shape index (κ3) is 3.45. The van der Waals surface area contributed by atoms with Crippen molar-refractivity contribution in [2.75, 3.05) is 18.4 Å². The van der Waals surface area contributed by atoms with Gasteiger partial charge in [0.05, 0.1) is 28.5 Å². The largest absolute Gasteiger partial charge is 0.353 e. The SMILES string of the molecule is CC[NH+]1CCc2c(sc3c2C(=O)N[C@@H](/C=C\c2cccc([N+](=O)[O-])c2)N3)C1. The van der Waals surface area contributed by atoms with Gasteiger partial charge in [-0.1, -0.05) is 18.2 Å². The maximum atomic E-state index is 12.7. The third-order valence-electron chi connectivity index (χ3n) is 5.09. The van der Waals surface area contributed by atoms with Crippen molar-refractivity contribution < 1.29 is 14.6 Å². The summed E-state index contributed by atoms with van der Waals surface area (Å²) in [6.45, 7) is 5.33. The fourth-order valence-electron chi connectivity index (χ4n) is 3.62. The van der Waals surface area contributed by atoms with E-state index in [0.717, 1.165) is 42.2 Å². The predicted octanol–water partition coefficient (Wildman–Crippen LogP) is 1.81. The first-order valence-corrected chi connectivity index (χ1v) is 9.85. The molecule has 2 atom stereocenters. The predicted molar refractivity (Wildman–Crippen MR) is 105 cm³/mol. The van der Waals surface area contributed by atoms with Gasteiger partial charge in [0.25, 0.3) is 11.6 Å². The van der Waals surface area contributed by atoms with E-state index in [4.69, 9.17) is 0 Å². The first-order valence-electron chi connectivity index (χ1n) is 9.03. The fourth-order valence-corrected chi connectivity index (χ4v) is 4.97. The Kier molecular flexibility index (Phi) is 4.67. The number of nitrogens with one attached hydrogen (secondary N) is 3. The Hall–Kier alpha value is -2.71. The van der Waals surface area contributed by atoms with Crippen LogP contribution < -0.4 is 15.5 Å². The molecule has 1 aromatic heterocycles. The lowest BCUT2D eigenvalue weighted by Crippen LogP contribution is -3.11. The van der Waals surface area contributed by atoms with Crippen molar-refractivity contribution in [3.05, 3.63) is 62.0 Å². The molecule has 0 radical (unpaired) electrons. The highest BCUT2D eigenvalue weighted by molar-refractivity contribution is 7.16. The van der Waals surface area contributed by atoms with Gasteiger partial charge in [0.1, 0.15) is 17.7 Å². The number of amides is 1. The quantitative estimate of drug-likeness (QED) is 0.553. The number of thiophene rings is 1. The van der Waals surface area contributed by atoms with Crippen LogP contribution in [0.2, 0.25) is 0 Å². The van der Waals surface area contributed by atoms with Crippen LogP contribution in [0.25, 0.3) is 6.08 Å². The summed E-state index contributed by atoms with van der Waals surface area (Å²) in [5.41, 5.74) is 2.76. The summed E-state index contributed by atoms with van der Waals surface area (Å²) >= 11 is 1.68. The number of benzene rings is 1. The summed E-state index contributed by atoms with van der Waals surface area (Å²) in [6, 6.07) is 6.42. The van der Waals surface area contributed by atoms with Crippen molar-refractivity contribution in [2.45, 2.75) is 26.1 Å². The normalized spacial score (nSPS) is 21.3. The zero-order chi connectivity index (χ0) is 19.0. The molecule has 8 heteroatoms. The van der Waals surface area contributed by atoms with Gasteiger partial charge in [0.2, 0.25) is 0 Å². The topological polar surface area (TPSA) is 88.7 Å². The number of anilines is 1. The molecular weight excluding hydrogens is 364 g/mol. The summed E-state index contributed by atoms with van der Waals surface area (Å²) in [5.74, 6) is -0.0464. The van der Waals surface area contributed by atoms with Crippen LogP contribution in [0.5, 0.6) is 0 Å². The van der Waals surface area contributed by atoms with Crippen LogP contribution in [0.3, 0.4) is 0 Å². The standard InChI is InChI=1S/C19H20N4O3S/c1-2-22-9-8-14-15(11-22)27-19-17(14)18(24)20-16(21-19)7-6-12-4-3-5-13(10-12)23(25)26/h3-7,10,16,21H,2,8-9,11H2,1H3,(H,20,24)/p+1/b7-6-/t16-/m1/s1. The second-order valence-corrected chi connectivity index (χ2v) is 7.90. The molecule has 0 saturated heterocycles. The second-order valence-electron chi connectivity index (χ2n) is 6.79. The lowest BCUT2D eigenvalue weighted by Gasteiger charge is -2.25. The molecule has 1 aromatic carbocycles. The van der Waals surface area contributed by atoms with Crippen molar-refractivity contribution in [3.8, 4) is 0 Å². The van der Waals surface area contributed by atoms with Crippen molar-refractivity contribution in [1.29, 1.82) is 0 Å². The number of carbonyl (C=O) groups is 1. The van der Waals surface area contributed by atoms with E-state index in [1.807, 2.05) is 6.08 Å². The molecule has 0 saturated carbocycles. The maximum Gasteiger partial charge on any atom is 0.270 e. The van der Waals surface area contributed by atoms with Crippen LogP contribution in [0, 0.1) is 10.1 Å². The molecule has 2 aliphatic rings. The number of nitro benzene ring substituents is 1. The van der Waals surface area contributed by atoms with Crippen LogP contribution in [0.4, 0.5) is 10.7 Å². The van der Waals surface area contributed by atoms with Gasteiger partial charge in [0, 0.05) is 18.6 Å². The number of fused-ring (bicyclic) bond motifs is 3. The Labute approximate surface area is 160 Å². The van der Waals surface area contributed by atoms with E-state index in [0.29, 0.717) is 0 Å². The van der Waals surface area contributed by atoms with E-state index < -0.39 is 4.92 Å². The Morgan fingerprint density at radius 3 is 3.04 bits per heavy atom. The number of carbonyl (C=O) groups excluding carboxylic acids is 1. The Balaban J connectivity index is 1.54. The molecule has 0 fully saturated rings. The van der Waals surface area contributed by atoms with Crippen LogP contribution in [0.15, 0.2) is 30.3 Å². The highest BCUT2D eigenvalue weighted by atomic mass is 32.1. The van der Waals surface area contributed by atoms with Gasteiger partial charge in [-0.25, -0.2) is 0 Å². The summed E-state index contributed by atoms with van der Waals surface area (Å²) < 4.78 is 0. The summed E-state index contributed by atoms with van der Waals surface area (Å²) in [7, 11) is 0. The van der Waals surface area contributed by atoms with E-state index in [1.54, 1.807) is 34.4 Å². The smallest absolute Gasteiger partial charge is 0.270 e. The third-order valence-corrected chi connectivity index (χ3v) is 6.26. The number of hydrogen-bond acceptors (Lipinski definition) is 5. The van der Waals surface area contributed by atoms with Gasteiger partial charge < -0.3 is 15.5 Å². The lowest BCUT2D eigenvalue weighted by molar-refractivity contribution is -0.913. The molecule has 0 bridgehead atoms. The highest BCUT2D eigenvalue weighted by Gasteiger charge is 2.33. The number of nitrogens with zero attached hydrogens (tertiary/aromatic N) is 1. The minimum absolute atomic E-state index is 0.0464.